The van der Waals surface area contributed by atoms with Gasteiger partial charge < -0.3 is 5.73 Å². The third kappa shape index (κ3) is 2.80. The van der Waals surface area contributed by atoms with Crippen LogP contribution in [0.2, 0.25) is 0 Å². The molecule has 0 aliphatic carbocycles. The lowest BCUT2D eigenvalue weighted by Gasteiger charge is -2.19. The molecule has 1 aliphatic rings. The molecule has 0 radical (unpaired) electrons. The predicted molar refractivity (Wildman–Crippen MR) is 63.8 cm³/mol. The van der Waals surface area contributed by atoms with Gasteiger partial charge in [0.2, 0.25) is 0 Å². The van der Waals surface area contributed by atoms with Crippen LogP contribution in [0.25, 0.3) is 0 Å². The van der Waals surface area contributed by atoms with Crippen LogP contribution in [0.4, 0.5) is 17.6 Å². The van der Waals surface area contributed by atoms with Gasteiger partial charge in [-0.2, -0.15) is 24.9 Å². The van der Waals surface area contributed by atoms with Gasteiger partial charge in [-0.05, 0) is 41.5 Å². The fraction of sp³-hybridized carbons (Fsp3) is 0.500. The number of benzene rings is 1. The number of rotatable bonds is 2. The maximum absolute atomic E-state index is 13.4. The highest BCUT2D eigenvalue weighted by Crippen LogP contribution is 2.35. The first-order chi connectivity index (χ1) is 8.39. The monoisotopic (exact) mass is 279 g/mol. The van der Waals surface area contributed by atoms with Crippen molar-refractivity contribution >= 4 is 11.8 Å². The van der Waals surface area contributed by atoms with Crippen LogP contribution in [0, 0.1) is 11.7 Å². The molecule has 0 aromatic heterocycles. The average molecular weight is 279 g/mol. The van der Waals surface area contributed by atoms with E-state index in [1.165, 1.54) is 6.07 Å². The van der Waals surface area contributed by atoms with Crippen LogP contribution in [0.15, 0.2) is 18.2 Å². The van der Waals surface area contributed by atoms with E-state index in [0.717, 1.165) is 30.1 Å². The standard InChI is InChI=1S/C12H13F4NS/c13-10-5-7(1-2-9(10)12(14,15)16)11(17)8-3-4-18-6-8/h1-2,5,8,11H,3-4,6,17H2. The summed E-state index contributed by atoms with van der Waals surface area (Å²) in [6, 6.07) is 2.57. The zero-order chi connectivity index (χ0) is 13.3. The Hall–Kier alpha value is -0.750. The third-order valence-electron chi connectivity index (χ3n) is 3.16. The van der Waals surface area contributed by atoms with Gasteiger partial charge in [0, 0.05) is 6.04 Å². The Morgan fingerprint density at radius 1 is 1.33 bits per heavy atom. The minimum Gasteiger partial charge on any atom is -0.324 e. The summed E-state index contributed by atoms with van der Waals surface area (Å²) in [7, 11) is 0. The Balaban J connectivity index is 2.23. The van der Waals surface area contributed by atoms with E-state index >= 15 is 0 Å². The van der Waals surface area contributed by atoms with Gasteiger partial charge in [0.05, 0.1) is 5.56 Å². The van der Waals surface area contributed by atoms with Crippen molar-refractivity contribution in [1.29, 1.82) is 0 Å². The minimum absolute atomic E-state index is 0.214. The van der Waals surface area contributed by atoms with Gasteiger partial charge in [-0.1, -0.05) is 6.07 Å². The van der Waals surface area contributed by atoms with Crippen molar-refractivity contribution < 1.29 is 17.6 Å². The summed E-state index contributed by atoms with van der Waals surface area (Å²) in [5.74, 6) is 0.845. The molecule has 0 saturated carbocycles. The number of hydrogen-bond acceptors (Lipinski definition) is 2. The Morgan fingerprint density at radius 2 is 2.06 bits per heavy atom. The maximum atomic E-state index is 13.4. The van der Waals surface area contributed by atoms with Gasteiger partial charge in [-0.15, -0.1) is 0 Å². The summed E-state index contributed by atoms with van der Waals surface area (Å²) >= 11 is 1.76. The third-order valence-corrected chi connectivity index (χ3v) is 4.34. The number of halogens is 4. The number of nitrogens with two attached hydrogens (primary N) is 1. The highest BCUT2D eigenvalue weighted by atomic mass is 32.2. The van der Waals surface area contributed by atoms with Crippen LogP contribution in [0.1, 0.15) is 23.6 Å². The highest BCUT2D eigenvalue weighted by Gasteiger charge is 2.34. The summed E-state index contributed by atoms with van der Waals surface area (Å²) in [4.78, 5) is 0. The van der Waals surface area contributed by atoms with Crippen LogP contribution in [-0.4, -0.2) is 11.5 Å². The molecule has 6 heteroatoms. The van der Waals surface area contributed by atoms with E-state index in [2.05, 4.69) is 0 Å². The Labute approximate surface area is 107 Å². The fourth-order valence-corrected chi connectivity index (χ4v) is 3.39. The lowest BCUT2D eigenvalue weighted by molar-refractivity contribution is -0.140. The number of alkyl halides is 3. The topological polar surface area (TPSA) is 26.0 Å². The van der Waals surface area contributed by atoms with Crippen molar-refractivity contribution in [2.75, 3.05) is 11.5 Å². The van der Waals surface area contributed by atoms with E-state index in [1.807, 2.05) is 0 Å². The first-order valence-corrected chi connectivity index (χ1v) is 6.75. The molecule has 1 aliphatic heterocycles. The van der Waals surface area contributed by atoms with Gasteiger partial charge in [-0.25, -0.2) is 4.39 Å². The molecule has 18 heavy (non-hydrogen) atoms. The molecule has 1 heterocycles. The van der Waals surface area contributed by atoms with E-state index in [4.69, 9.17) is 5.73 Å². The average Bonchev–Trinajstić information content (AvgIpc) is 2.79. The molecule has 2 rings (SSSR count). The summed E-state index contributed by atoms with van der Waals surface area (Å²) in [5.41, 5.74) is 5.17. The van der Waals surface area contributed by atoms with Gasteiger partial charge in [-0.3, -0.25) is 0 Å². The van der Waals surface area contributed by atoms with Crippen molar-refractivity contribution in [2.24, 2.45) is 11.7 Å². The van der Waals surface area contributed by atoms with E-state index in [0.29, 0.717) is 5.56 Å². The number of hydrogen-bond donors (Lipinski definition) is 1. The number of thioether (sulfide) groups is 1. The second-order valence-electron chi connectivity index (χ2n) is 4.39. The lowest BCUT2D eigenvalue weighted by Crippen LogP contribution is -2.21. The molecule has 100 valence electrons. The van der Waals surface area contributed by atoms with Crippen molar-refractivity contribution in [1.82, 2.24) is 0 Å². The SMILES string of the molecule is NC(c1ccc(C(F)(F)F)c(F)c1)C1CCSC1. The normalized spacial score (nSPS) is 22.2. The van der Waals surface area contributed by atoms with Crippen molar-refractivity contribution in [2.45, 2.75) is 18.6 Å². The molecular weight excluding hydrogens is 266 g/mol. The second kappa shape index (κ2) is 5.09. The van der Waals surface area contributed by atoms with Gasteiger partial charge in [0.15, 0.2) is 0 Å². The van der Waals surface area contributed by atoms with E-state index < -0.39 is 23.6 Å². The van der Waals surface area contributed by atoms with Gasteiger partial charge in [0.25, 0.3) is 0 Å². The molecule has 2 N–H and O–H groups in total. The molecule has 1 fully saturated rings. The minimum atomic E-state index is -4.66. The quantitative estimate of drug-likeness (QED) is 0.837. The van der Waals surface area contributed by atoms with Crippen LogP contribution in [0.5, 0.6) is 0 Å². The Morgan fingerprint density at radius 3 is 2.56 bits per heavy atom. The molecule has 1 aromatic rings. The van der Waals surface area contributed by atoms with E-state index in [-0.39, 0.29) is 5.92 Å². The molecule has 2 unspecified atom stereocenters. The summed E-state index contributed by atoms with van der Waals surface area (Å²) in [6.45, 7) is 0. The van der Waals surface area contributed by atoms with Crippen molar-refractivity contribution in [3.05, 3.63) is 35.1 Å². The Kier molecular flexibility index (Phi) is 3.87. The van der Waals surface area contributed by atoms with E-state index in [9.17, 15) is 17.6 Å². The molecule has 1 saturated heterocycles. The molecule has 0 bridgehead atoms. The first kappa shape index (κ1) is 13.7. The second-order valence-corrected chi connectivity index (χ2v) is 5.54. The van der Waals surface area contributed by atoms with Gasteiger partial charge in [0.1, 0.15) is 5.82 Å². The fourth-order valence-electron chi connectivity index (χ4n) is 2.08. The van der Waals surface area contributed by atoms with Crippen molar-refractivity contribution in [3.8, 4) is 0 Å². The molecular formula is C12H13F4NS. The van der Waals surface area contributed by atoms with Crippen LogP contribution >= 0.6 is 11.8 Å². The summed E-state index contributed by atoms with van der Waals surface area (Å²) in [5, 5.41) is 0. The van der Waals surface area contributed by atoms with Crippen LogP contribution in [0.3, 0.4) is 0 Å². The molecule has 1 aromatic carbocycles. The smallest absolute Gasteiger partial charge is 0.324 e. The first-order valence-electron chi connectivity index (χ1n) is 5.59. The molecule has 0 spiro atoms. The molecule has 2 atom stereocenters. The summed E-state index contributed by atoms with van der Waals surface area (Å²) in [6.07, 6.45) is -3.73. The van der Waals surface area contributed by atoms with Crippen LogP contribution < -0.4 is 5.73 Å². The Bertz CT molecular complexity index is 427. The molecule has 1 nitrogen and oxygen atoms in total. The van der Waals surface area contributed by atoms with Crippen LogP contribution in [-0.2, 0) is 6.18 Å². The highest BCUT2D eigenvalue weighted by molar-refractivity contribution is 7.99. The van der Waals surface area contributed by atoms with E-state index in [1.54, 1.807) is 11.8 Å². The lowest BCUT2D eigenvalue weighted by atomic mass is 9.92. The summed E-state index contributed by atoms with van der Waals surface area (Å²) < 4.78 is 50.6. The molecule has 0 amide bonds. The predicted octanol–water partition coefficient (Wildman–Crippen LogP) is 3.60. The maximum Gasteiger partial charge on any atom is 0.419 e. The zero-order valence-electron chi connectivity index (χ0n) is 9.51. The van der Waals surface area contributed by atoms with Gasteiger partial charge >= 0.3 is 6.18 Å². The zero-order valence-corrected chi connectivity index (χ0v) is 10.3. The largest absolute Gasteiger partial charge is 0.419 e. The van der Waals surface area contributed by atoms with Crippen molar-refractivity contribution in [3.63, 3.8) is 0 Å².